The minimum absolute atomic E-state index is 0.0538. The molecule has 4 N–H and O–H groups in total. The number of nitrogens with two attached hydrogens (primary N) is 1. The number of nitrogens with zero attached hydrogens (tertiary/aromatic N) is 3. The molecule has 0 aliphatic carbocycles. The summed E-state index contributed by atoms with van der Waals surface area (Å²) in [6, 6.07) is -0.530. The van der Waals surface area contributed by atoms with Gasteiger partial charge in [0.25, 0.3) is 17.7 Å². The zero-order chi connectivity index (χ0) is 19.9. The summed E-state index contributed by atoms with van der Waals surface area (Å²) in [5.74, 6) is -3.08. The number of hydrogen-bond donors (Lipinski definition) is 3. The second kappa shape index (κ2) is 6.59. The van der Waals surface area contributed by atoms with Crippen LogP contribution in [0.1, 0.15) is 27.1 Å². The molecule has 0 bridgehead atoms. The predicted octanol–water partition coefficient (Wildman–Crippen LogP) is -2.48. The molecule has 0 unspecified atom stereocenters. The van der Waals surface area contributed by atoms with E-state index in [2.05, 4.69) is 10.3 Å². The number of rotatable bonds is 5. The number of aromatic nitrogens is 1. The van der Waals surface area contributed by atoms with E-state index in [9.17, 15) is 27.6 Å². The summed E-state index contributed by atoms with van der Waals surface area (Å²) in [4.78, 5) is 52.6. The van der Waals surface area contributed by atoms with Crippen LogP contribution in [-0.2, 0) is 19.9 Å². The molecule has 4 amide bonds. The quantitative estimate of drug-likeness (QED) is 0.361. The zero-order valence-electron chi connectivity index (χ0n) is 13.7. The highest BCUT2D eigenvalue weighted by Gasteiger charge is 2.59. The molecular formula is C14H15N5O7S. The van der Waals surface area contributed by atoms with Crippen LogP contribution in [0.3, 0.4) is 0 Å². The summed E-state index contributed by atoms with van der Waals surface area (Å²) >= 11 is 0. The molecular weight excluding hydrogens is 382 g/mol. The van der Waals surface area contributed by atoms with Gasteiger partial charge in [-0.3, -0.25) is 28.7 Å². The van der Waals surface area contributed by atoms with Gasteiger partial charge < -0.3 is 16.0 Å². The minimum Gasteiger partial charge on any atom is -0.366 e. The SMILES string of the molecule is NC(=O)c1cnccc1C(=O)NCC(=O)N1CC[C@@H]2[C@H]1C(=O)N2S(=O)(=O)O. The highest BCUT2D eigenvalue weighted by atomic mass is 32.2. The van der Waals surface area contributed by atoms with Gasteiger partial charge in [0, 0.05) is 18.9 Å². The summed E-state index contributed by atoms with van der Waals surface area (Å²) < 4.78 is 31.7. The second-order valence-corrected chi connectivity index (χ2v) is 7.26. The largest absolute Gasteiger partial charge is 0.366 e. The number of nitrogens with one attached hydrogen (secondary N) is 1. The summed E-state index contributed by atoms with van der Waals surface area (Å²) in [5.41, 5.74) is 5.00. The van der Waals surface area contributed by atoms with Crippen molar-refractivity contribution in [3.8, 4) is 0 Å². The third-order valence-electron chi connectivity index (χ3n) is 4.44. The van der Waals surface area contributed by atoms with Gasteiger partial charge in [-0.15, -0.1) is 0 Å². The maximum atomic E-state index is 12.3. The molecule has 0 aromatic carbocycles. The molecule has 1 aromatic rings. The average molecular weight is 397 g/mol. The lowest BCUT2D eigenvalue weighted by Gasteiger charge is -2.42. The van der Waals surface area contributed by atoms with Crippen molar-refractivity contribution < 1.29 is 32.1 Å². The number of β-lactam (4-membered cyclic amide) rings is 1. The molecule has 2 aliphatic rings. The van der Waals surface area contributed by atoms with E-state index in [1.54, 1.807) is 0 Å². The number of fused-ring (bicyclic) bond motifs is 1. The summed E-state index contributed by atoms with van der Waals surface area (Å²) in [6.45, 7) is -0.370. The van der Waals surface area contributed by atoms with Crippen LogP contribution >= 0.6 is 0 Å². The van der Waals surface area contributed by atoms with E-state index >= 15 is 0 Å². The van der Waals surface area contributed by atoms with E-state index in [0.29, 0.717) is 4.31 Å². The van der Waals surface area contributed by atoms with Gasteiger partial charge in [-0.25, -0.2) is 4.31 Å². The van der Waals surface area contributed by atoms with Crippen molar-refractivity contribution in [3.63, 3.8) is 0 Å². The number of carbonyl (C=O) groups is 4. The summed E-state index contributed by atoms with van der Waals surface area (Å²) in [5, 5.41) is 2.33. The first-order valence-corrected chi connectivity index (χ1v) is 9.14. The Bertz CT molecular complexity index is 947. The Morgan fingerprint density at radius 1 is 1.33 bits per heavy atom. The molecule has 144 valence electrons. The molecule has 2 fully saturated rings. The molecule has 27 heavy (non-hydrogen) atoms. The average Bonchev–Trinajstić information content (AvgIpc) is 2.96. The third kappa shape index (κ3) is 3.21. The highest BCUT2D eigenvalue weighted by Crippen LogP contribution is 2.35. The fourth-order valence-electron chi connectivity index (χ4n) is 3.24. The Morgan fingerprint density at radius 3 is 2.67 bits per heavy atom. The first kappa shape index (κ1) is 18.7. The highest BCUT2D eigenvalue weighted by molar-refractivity contribution is 7.84. The number of hydrogen-bond acceptors (Lipinski definition) is 7. The van der Waals surface area contributed by atoms with Gasteiger partial charge in [-0.05, 0) is 12.5 Å². The topological polar surface area (TPSA) is 180 Å². The number of primary amides is 1. The Balaban J connectivity index is 1.64. The van der Waals surface area contributed by atoms with Crippen molar-refractivity contribution in [1.82, 2.24) is 19.5 Å². The van der Waals surface area contributed by atoms with Crippen molar-refractivity contribution in [2.45, 2.75) is 18.5 Å². The molecule has 3 heterocycles. The van der Waals surface area contributed by atoms with Crippen LogP contribution in [0.25, 0.3) is 0 Å². The molecule has 0 radical (unpaired) electrons. The van der Waals surface area contributed by atoms with Crippen LogP contribution in [-0.4, -0.2) is 76.0 Å². The fourth-order valence-corrected chi connectivity index (χ4v) is 4.14. The van der Waals surface area contributed by atoms with Crippen molar-refractivity contribution in [2.75, 3.05) is 13.1 Å². The first-order valence-electron chi connectivity index (χ1n) is 7.75. The number of carbonyl (C=O) groups excluding carboxylic acids is 4. The number of amides is 4. The van der Waals surface area contributed by atoms with Crippen LogP contribution in [0.4, 0.5) is 0 Å². The molecule has 1 aromatic heterocycles. The van der Waals surface area contributed by atoms with Crippen molar-refractivity contribution in [2.24, 2.45) is 5.73 Å². The minimum atomic E-state index is -4.67. The van der Waals surface area contributed by atoms with Crippen molar-refractivity contribution >= 4 is 33.9 Å². The van der Waals surface area contributed by atoms with Crippen LogP contribution in [0, 0.1) is 0 Å². The van der Waals surface area contributed by atoms with Crippen molar-refractivity contribution in [1.29, 1.82) is 0 Å². The lowest BCUT2D eigenvalue weighted by molar-refractivity contribution is -0.151. The fraction of sp³-hybridized carbons (Fsp3) is 0.357. The molecule has 13 heteroatoms. The van der Waals surface area contributed by atoms with E-state index in [0.717, 1.165) is 11.1 Å². The van der Waals surface area contributed by atoms with Crippen molar-refractivity contribution in [3.05, 3.63) is 29.6 Å². The molecule has 12 nitrogen and oxygen atoms in total. The summed E-state index contributed by atoms with van der Waals surface area (Å²) in [6.07, 6.45) is 2.60. The van der Waals surface area contributed by atoms with Gasteiger partial charge in [0.2, 0.25) is 5.91 Å². The van der Waals surface area contributed by atoms with Crippen LogP contribution < -0.4 is 11.1 Å². The Morgan fingerprint density at radius 2 is 2.04 bits per heavy atom. The van der Waals surface area contributed by atoms with E-state index in [-0.39, 0.29) is 24.1 Å². The van der Waals surface area contributed by atoms with Crippen LogP contribution in [0.5, 0.6) is 0 Å². The Kier molecular flexibility index (Phi) is 4.57. The van der Waals surface area contributed by atoms with E-state index < -0.39 is 52.6 Å². The Labute approximate surface area is 153 Å². The molecule has 0 spiro atoms. The van der Waals surface area contributed by atoms with Gasteiger partial charge in [-0.2, -0.15) is 8.42 Å². The third-order valence-corrected chi connectivity index (χ3v) is 5.39. The van der Waals surface area contributed by atoms with Gasteiger partial charge >= 0.3 is 10.3 Å². The maximum absolute atomic E-state index is 12.3. The zero-order valence-corrected chi connectivity index (χ0v) is 14.5. The lowest BCUT2D eigenvalue weighted by atomic mass is 10.0. The maximum Gasteiger partial charge on any atom is 0.362 e. The van der Waals surface area contributed by atoms with E-state index in [4.69, 9.17) is 10.3 Å². The smallest absolute Gasteiger partial charge is 0.362 e. The van der Waals surface area contributed by atoms with Gasteiger partial charge in [0.15, 0.2) is 0 Å². The number of pyridine rings is 1. The monoisotopic (exact) mass is 397 g/mol. The van der Waals surface area contributed by atoms with Gasteiger partial charge in [0.1, 0.15) is 6.04 Å². The van der Waals surface area contributed by atoms with Gasteiger partial charge in [0.05, 0.1) is 23.7 Å². The number of likely N-dealkylation sites (tertiary alicyclic amines) is 1. The Hall–Kier alpha value is -3.06. The van der Waals surface area contributed by atoms with Crippen LogP contribution in [0.15, 0.2) is 18.5 Å². The predicted molar refractivity (Wildman–Crippen MR) is 87.4 cm³/mol. The standard InChI is InChI=1S/C14H15N5O7S/c15-12(21)8-5-16-3-1-7(8)13(22)17-6-10(20)18-4-2-9-11(18)14(23)19(9)27(24,25)26/h1,3,5,9,11H,2,4,6H2,(H2,15,21)(H,17,22)(H,24,25,26)/t9-,11+/m1/s1. The van der Waals surface area contributed by atoms with E-state index in [1.165, 1.54) is 12.3 Å². The summed E-state index contributed by atoms with van der Waals surface area (Å²) in [7, 11) is -4.67. The van der Waals surface area contributed by atoms with Crippen LogP contribution in [0.2, 0.25) is 0 Å². The van der Waals surface area contributed by atoms with Gasteiger partial charge in [-0.1, -0.05) is 0 Å². The molecule has 3 rings (SSSR count). The first-order chi connectivity index (χ1) is 12.6. The molecule has 2 atom stereocenters. The lowest BCUT2D eigenvalue weighted by Crippen LogP contribution is -2.68. The molecule has 2 aliphatic heterocycles. The normalized spacial score (nSPS) is 21.4. The molecule has 0 saturated carbocycles. The van der Waals surface area contributed by atoms with E-state index in [1.807, 2.05) is 0 Å². The molecule has 2 saturated heterocycles. The second-order valence-electron chi connectivity index (χ2n) is 5.97.